The number of hydrogen-bond donors (Lipinski definition) is 3. The third-order valence-corrected chi connectivity index (χ3v) is 7.52. The number of aliphatic hydroxyl groups excluding tert-OH is 1. The third kappa shape index (κ3) is 11.2. The Hall–Kier alpha value is -2.69. The van der Waals surface area contributed by atoms with E-state index in [1.54, 1.807) is 0 Å². The van der Waals surface area contributed by atoms with E-state index in [9.17, 15) is 9.90 Å². The van der Waals surface area contributed by atoms with Gasteiger partial charge in [-0.3, -0.25) is 5.32 Å². The van der Waals surface area contributed by atoms with Crippen molar-refractivity contribution in [3.8, 4) is 5.75 Å². The molecule has 3 N–H and O–H groups in total. The van der Waals surface area contributed by atoms with Crippen LogP contribution in [0.1, 0.15) is 88.0 Å². The first kappa shape index (κ1) is 32.2. The molecule has 0 radical (unpaired) electrons. The normalized spacial score (nSPS) is 16.9. The van der Waals surface area contributed by atoms with E-state index in [2.05, 4.69) is 10.6 Å². The minimum Gasteiger partial charge on any atom is -0.463 e. The average Bonchev–Trinajstić information content (AvgIpc) is 3.47. The number of amides is 1. The molecule has 2 aliphatic rings. The van der Waals surface area contributed by atoms with Gasteiger partial charge in [0, 0.05) is 38.2 Å². The number of ether oxygens (including phenoxy) is 5. The highest BCUT2D eigenvalue weighted by Crippen LogP contribution is 2.32. The van der Waals surface area contributed by atoms with Gasteiger partial charge in [0.1, 0.15) is 11.9 Å². The lowest BCUT2D eigenvalue weighted by atomic mass is 10.0. The summed E-state index contributed by atoms with van der Waals surface area (Å²) >= 11 is 0. The van der Waals surface area contributed by atoms with Crippen LogP contribution in [0.3, 0.4) is 0 Å². The zero-order chi connectivity index (χ0) is 29.6. The van der Waals surface area contributed by atoms with Gasteiger partial charge in [-0.25, -0.2) is 4.79 Å². The van der Waals surface area contributed by atoms with Crippen molar-refractivity contribution >= 4 is 11.8 Å². The van der Waals surface area contributed by atoms with Crippen LogP contribution in [-0.4, -0.2) is 56.0 Å². The third-order valence-electron chi connectivity index (χ3n) is 7.52. The predicted octanol–water partition coefficient (Wildman–Crippen LogP) is 6.24. The van der Waals surface area contributed by atoms with Gasteiger partial charge in [0.25, 0.3) is 0 Å². The number of nitrogens with one attached hydrogen (secondary N) is 2. The summed E-state index contributed by atoms with van der Waals surface area (Å²) < 4.78 is 28.4. The summed E-state index contributed by atoms with van der Waals surface area (Å²) in [7, 11) is 0. The van der Waals surface area contributed by atoms with Gasteiger partial charge in [0.05, 0.1) is 32.5 Å². The van der Waals surface area contributed by atoms with E-state index >= 15 is 0 Å². The number of fused-ring (bicyclic) bond motifs is 1. The van der Waals surface area contributed by atoms with Crippen molar-refractivity contribution in [2.24, 2.45) is 0 Å². The van der Waals surface area contributed by atoms with E-state index < -0.39 is 11.9 Å². The van der Waals surface area contributed by atoms with Crippen LogP contribution in [0.2, 0.25) is 0 Å². The molecule has 42 heavy (non-hydrogen) atoms. The number of anilines is 1. The lowest BCUT2D eigenvalue weighted by Crippen LogP contribution is -2.35. The molecule has 1 heterocycles. The number of rotatable bonds is 17. The molecule has 9 heteroatoms. The summed E-state index contributed by atoms with van der Waals surface area (Å²) in [6.45, 7) is 7.94. The van der Waals surface area contributed by atoms with Crippen LogP contribution in [-0.2, 0) is 32.2 Å². The van der Waals surface area contributed by atoms with Crippen LogP contribution in [0, 0.1) is 0 Å². The van der Waals surface area contributed by atoms with Gasteiger partial charge < -0.3 is 34.1 Å². The Labute approximate surface area is 250 Å². The Morgan fingerprint density at radius 3 is 2.69 bits per heavy atom. The maximum Gasteiger partial charge on any atom is 0.411 e. The number of hydrogen-bond acceptors (Lipinski definition) is 8. The smallest absolute Gasteiger partial charge is 0.411 e. The highest BCUT2D eigenvalue weighted by atomic mass is 16.7. The topological polar surface area (TPSA) is 108 Å². The number of carbonyl (C=O) groups is 1. The van der Waals surface area contributed by atoms with Crippen molar-refractivity contribution < 1.29 is 33.6 Å². The fourth-order valence-electron chi connectivity index (χ4n) is 5.18. The molecule has 0 bridgehead atoms. The first-order valence-corrected chi connectivity index (χ1v) is 15.4. The van der Waals surface area contributed by atoms with Gasteiger partial charge in [-0.2, -0.15) is 0 Å². The lowest BCUT2D eigenvalue weighted by Gasteiger charge is -2.33. The second-order valence-corrected chi connectivity index (χ2v) is 11.6. The van der Waals surface area contributed by atoms with E-state index in [0.717, 1.165) is 87.0 Å². The highest BCUT2D eigenvalue weighted by Gasteiger charge is 2.27. The van der Waals surface area contributed by atoms with Gasteiger partial charge in [-0.15, -0.1) is 0 Å². The Kier molecular flexibility index (Phi) is 12.9. The maximum absolute atomic E-state index is 12.1. The molecule has 2 aromatic carbocycles. The van der Waals surface area contributed by atoms with E-state index in [-0.39, 0.29) is 12.2 Å². The molecule has 0 spiro atoms. The van der Waals surface area contributed by atoms with Crippen molar-refractivity contribution in [1.82, 2.24) is 5.32 Å². The van der Waals surface area contributed by atoms with E-state index in [1.807, 2.05) is 56.3 Å². The monoisotopic (exact) mass is 584 g/mol. The first-order valence-electron chi connectivity index (χ1n) is 15.4. The van der Waals surface area contributed by atoms with Crippen molar-refractivity contribution in [2.45, 2.75) is 96.4 Å². The van der Waals surface area contributed by atoms with Gasteiger partial charge in [-0.1, -0.05) is 31.0 Å². The van der Waals surface area contributed by atoms with Gasteiger partial charge in [0.15, 0.2) is 0 Å². The minimum absolute atomic E-state index is 0.0472. The van der Waals surface area contributed by atoms with Crippen molar-refractivity contribution in [3.63, 3.8) is 0 Å². The number of benzene rings is 2. The van der Waals surface area contributed by atoms with Crippen molar-refractivity contribution in [3.05, 3.63) is 59.2 Å². The first-order chi connectivity index (χ1) is 20.4. The molecule has 1 saturated carbocycles. The molecule has 0 saturated heterocycles. The summed E-state index contributed by atoms with van der Waals surface area (Å²) in [5.41, 5.74) is 3.55. The summed E-state index contributed by atoms with van der Waals surface area (Å²) in [6, 6.07) is 13.4. The van der Waals surface area contributed by atoms with Crippen LogP contribution in [0.25, 0.3) is 0 Å². The van der Waals surface area contributed by atoms with Gasteiger partial charge in [-0.05, 0) is 80.5 Å². The fourth-order valence-corrected chi connectivity index (χ4v) is 5.18. The summed E-state index contributed by atoms with van der Waals surface area (Å²) in [5, 5.41) is 16.7. The van der Waals surface area contributed by atoms with Crippen LogP contribution in [0.5, 0.6) is 5.75 Å². The number of unbranched alkanes of at least 4 members (excludes halogenated alkanes) is 3. The Bertz CT molecular complexity index is 1100. The Balaban J connectivity index is 0.959. The van der Waals surface area contributed by atoms with Crippen molar-refractivity contribution in [2.75, 3.05) is 38.2 Å². The fraction of sp³-hybridized carbons (Fsp3) is 0.606. The second kappa shape index (κ2) is 16.8. The van der Waals surface area contributed by atoms with Crippen LogP contribution < -0.4 is 15.4 Å². The van der Waals surface area contributed by atoms with E-state index in [1.165, 1.54) is 0 Å². The molecule has 1 fully saturated rings. The molecule has 1 amide bonds. The molecule has 1 aliphatic heterocycles. The van der Waals surface area contributed by atoms with Crippen LogP contribution >= 0.6 is 0 Å². The Morgan fingerprint density at radius 2 is 1.83 bits per heavy atom. The molecule has 232 valence electrons. The summed E-state index contributed by atoms with van der Waals surface area (Å²) in [6.07, 6.45) is 7.56. The molecule has 4 rings (SSSR count). The summed E-state index contributed by atoms with van der Waals surface area (Å²) in [4.78, 5) is 12.1. The predicted molar refractivity (Wildman–Crippen MR) is 162 cm³/mol. The SMILES string of the molecule is CC1(C)OCc2cc([C@@H](O)CNCCCCCCOCCOCc3cccc(NC(=O)OC4CCCC4)c3)ccc2O1. The average molecular weight is 585 g/mol. The molecule has 9 nitrogen and oxygen atoms in total. The van der Waals surface area contributed by atoms with Gasteiger partial charge in [0.2, 0.25) is 5.79 Å². The minimum atomic E-state index is -0.615. The standard InChI is InChI=1S/C33H48N2O7/c1-33(2)40-24-27-21-26(14-15-31(27)42-33)30(36)22-34-16-7-3-4-8-17-38-18-19-39-23-25-10-9-11-28(20-25)35-32(37)41-29-12-5-6-13-29/h9-11,14-15,20-21,29-30,34,36H,3-8,12-13,16-19,22-24H2,1-2H3,(H,35,37)/t30-/m0/s1. The Morgan fingerprint density at radius 1 is 1.02 bits per heavy atom. The summed E-state index contributed by atoms with van der Waals surface area (Å²) in [5.74, 6) is 0.205. The van der Waals surface area contributed by atoms with Crippen molar-refractivity contribution in [1.29, 1.82) is 0 Å². The van der Waals surface area contributed by atoms with Gasteiger partial charge >= 0.3 is 6.09 Å². The van der Waals surface area contributed by atoms with Crippen LogP contribution in [0.4, 0.5) is 10.5 Å². The van der Waals surface area contributed by atoms with Crippen LogP contribution in [0.15, 0.2) is 42.5 Å². The van der Waals surface area contributed by atoms with E-state index in [4.69, 9.17) is 23.7 Å². The molecular weight excluding hydrogens is 536 g/mol. The molecular formula is C33H48N2O7. The lowest BCUT2D eigenvalue weighted by molar-refractivity contribution is -0.180. The molecule has 0 aromatic heterocycles. The number of carbonyl (C=O) groups excluding carboxylic acids is 1. The highest BCUT2D eigenvalue weighted by molar-refractivity contribution is 5.84. The molecule has 1 aliphatic carbocycles. The maximum atomic E-state index is 12.1. The van der Waals surface area contributed by atoms with E-state index in [0.29, 0.717) is 38.7 Å². The molecule has 0 unspecified atom stereocenters. The quantitative estimate of drug-likeness (QED) is 0.188. The molecule has 1 atom stereocenters. The molecule has 2 aromatic rings. The largest absolute Gasteiger partial charge is 0.463 e. The zero-order valence-corrected chi connectivity index (χ0v) is 25.2. The zero-order valence-electron chi connectivity index (χ0n) is 25.2. The second-order valence-electron chi connectivity index (χ2n) is 11.6. The number of aliphatic hydroxyl groups is 1.